The minimum Gasteiger partial charge on any atom is -0.467 e. The minimum absolute atomic E-state index is 0.194. The van der Waals surface area contributed by atoms with Crippen LogP contribution in [0.5, 0.6) is 0 Å². The standard InChI is InChI=1S/C14H15FN2O2/c1-8-11(15)6-10(7-12(8)16)14(18)17-9(2)13-4-3-5-19-13/h3-7,9H,16H2,1-2H3,(H,17,18). The Morgan fingerprint density at radius 3 is 2.79 bits per heavy atom. The minimum atomic E-state index is -0.490. The van der Waals surface area contributed by atoms with E-state index in [4.69, 9.17) is 10.2 Å². The molecule has 0 saturated carbocycles. The smallest absolute Gasteiger partial charge is 0.252 e. The van der Waals surface area contributed by atoms with E-state index in [0.717, 1.165) is 0 Å². The number of carbonyl (C=O) groups is 1. The van der Waals surface area contributed by atoms with Gasteiger partial charge in [-0.05, 0) is 38.1 Å². The Morgan fingerprint density at radius 1 is 1.47 bits per heavy atom. The molecule has 0 aliphatic carbocycles. The van der Waals surface area contributed by atoms with E-state index in [1.165, 1.54) is 18.4 Å². The van der Waals surface area contributed by atoms with Crippen molar-refractivity contribution < 1.29 is 13.6 Å². The first-order valence-corrected chi connectivity index (χ1v) is 5.89. The lowest BCUT2D eigenvalue weighted by atomic mass is 10.1. The summed E-state index contributed by atoms with van der Waals surface area (Å²) in [5.41, 5.74) is 6.44. The van der Waals surface area contributed by atoms with E-state index in [1.807, 2.05) is 0 Å². The predicted molar refractivity (Wildman–Crippen MR) is 70.1 cm³/mol. The van der Waals surface area contributed by atoms with Crippen molar-refractivity contribution in [3.05, 3.63) is 53.2 Å². The molecule has 1 aromatic carbocycles. The second-order valence-corrected chi connectivity index (χ2v) is 4.38. The molecule has 0 radical (unpaired) electrons. The van der Waals surface area contributed by atoms with E-state index in [1.54, 1.807) is 26.0 Å². The number of nitrogen functional groups attached to an aromatic ring is 1. The van der Waals surface area contributed by atoms with Crippen molar-refractivity contribution in [1.29, 1.82) is 0 Å². The third-order valence-electron chi connectivity index (χ3n) is 2.96. The maximum absolute atomic E-state index is 13.5. The highest BCUT2D eigenvalue weighted by Crippen LogP contribution is 2.19. The highest BCUT2D eigenvalue weighted by atomic mass is 19.1. The summed E-state index contributed by atoms with van der Waals surface area (Å²) >= 11 is 0. The molecule has 1 unspecified atom stereocenters. The van der Waals surface area contributed by atoms with Gasteiger partial charge in [-0.15, -0.1) is 0 Å². The number of furan rings is 1. The number of nitrogens with one attached hydrogen (secondary N) is 1. The van der Waals surface area contributed by atoms with Crippen molar-refractivity contribution >= 4 is 11.6 Å². The number of benzene rings is 1. The fourth-order valence-electron chi connectivity index (χ4n) is 1.72. The molecule has 0 saturated heterocycles. The van der Waals surface area contributed by atoms with Gasteiger partial charge in [-0.3, -0.25) is 4.79 Å². The number of hydrogen-bond acceptors (Lipinski definition) is 3. The summed E-state index contributed by atoms with van der Waals surface area (Å²) in [4.78, 5) is 12.0. The van der Waals surface area contributed by atoms with Gasteiger partial charge in [0.2, 0.25) is 0 Å². The molecule has 0 aliphatic heterocycles. The van der Waals surface area contributed by atoms with Crippen LogP contribution in [0.4, 0.5) is 10.1 Å². The Labute approximate surface area is 110 Å². The van der Waals surface area contributed by atoms with Crippen molar-refractivity contribution in [2.24, 2.45) is 0 Å². The van der Waals surface area contributed by atoms with Crippen LogP contribution in [0.15, 0.2) is 34.9 Å². The Hall–Kier alpha value is -2.30. The van der Waals surface area contributed by atoms with E-state index in [2.05, 4.69) is 5.32 Å². The number of carbonyl (C=O) groups excluding carboxylic acids is 1. The van der Waals surface area contributed by atoms with E-state index < -0.39 is 11.7 Å². The number of hydrogen-bond donors (Lipinski definition) is 2. The molecule has 1 heterocycles. The lowest BCUT2D eigenvalue weighted by Gasteiger charge is -2.12. The van der Waals surface area contributed by atoms with E-state index in [-0.39, 0.29) is 17.3 Å². The van der Waals surface area contributed by atoms with Crippen LogP contribution < -0.4 is 11.1 Å². The molecule has 1 amide bonds. The van der Waals surface area contributed by atoms with E-state index in [9.17, 15) is 9.18 Å². The highest BCUT2D eigenvalue weighted by Gasteiger charge is 2.15. The summed E-state index contributed by atoms with van der Waals surface area (Å²) in [6.45, 7) is 3.35. The molecule has 0 fully saturated rings. The molecule has 3 N–H and O–H groups in total. The average Bonchev–Trinajstić information content (AvgIpc) is 2.89. The third-order valence-corrected chi connectivity index (χ3v) is 2.96. The molecule has 2 rings (SSSR count). The van der Waals surface area contributed by atoms with Gasteiger partial charge in [0, 0.05) is 16.8 Å². The molecular weight excluding hydrogens is 247 g/mol. The van der Waals surface area contributed by atoms with Crippen molar-refractivity contribution in [2.75, 3.05) is 5.73 Å². The van der Waals surface area contributed by atoms with Crippen LogP contribution in [-0.2, 0) is 0 Å². The third kappa shape index (κ3) is 2.76. The zero-order valence-electron chi connectivity index (χ0n) is 10.7. The van der Waals surface area contributed by atoms with Crippen LogP contribution in [0.3, 0.4) is 0 Å². The average molecular weight is 262 g/mol. The summed E-state index contributed by atoms with van der Waals surface area (Å²) < 4.78 is 18.7. The number of amides is 1. The molecule has 0 spiro atoms. The molecule has 4 nitrogen and oxygen atoms in total. The molecular formula is C14H15FN2O2. The van der Waals surface area contributed by atoms with E-state index >= 15 is 0 Å². The maximum Gasteiger partial charge on any atom is 0.252 e. The van der Waals surface area contributed by atoms with Gasteiger partial charge in [0.1, 0.15) is 11.6 Å². The summed E-state index contributed by atoms with van der Waals surface area (Å²) in [6, 6.07) is 5.84. The van der Waals surface area contributed by atoms with Crippen molar-refractivity contribution in [3.8, 4) is 0 Å². The maximum atomic E-state index is 13.5. The second-order valence-electron chi connectivity index (χ2n) is 4.38. The number of halogens is 1. The number of rotatable bonds is 3. The first-order valence-electron chi connectivity index (χ1n) is 5.89. The normalized spacial score (nSPS) is 12.2. The summed E-state index contributed by atoms with van der Waals surface area (Å²) in [7, 11) is 0. The molecule has 1 aromatic heterocycles. The monoisotopic (exact) mass is 262 g/mol. The molecule has 100 valence electrons. The van der Waals surface area contributed by atoms with Crippen LogP contribution >= 0.6 is 0 Å². The van der Waals surface area contributed by atoms with E-state index in [0.29, 0.717) is 11.3 Å². The van der Waals surface area contributed by atoms with Crippen molar-refractivity contribution in [3.63, 3.8) is 0 Å². The highest BCUT2D eigenvalue weighted by molar-refractivity contribution is 5.95. The van der Waals surface area contributed by atoms with Crippen LogP contribution in [0, 0.1) is 12.7 Å². The van der Waals surface area contributed by atoms with Crippen LogP contribution in [0.2, 0.25) is 0 Å². The van der Waals surface area contributed by atoms with Crippen LogP contribution in [0.25, 0.3) is 0 Å². The lowest BCUT2D eigenvalue weighted by Crippen LogP contribution is -2.26. The van der Waals surface area contributed by atoms with Gasteiger partial charge in [0.05, 0.1) is 12.3 Å². The molecule has 19 heavy (non-hydrogen) atoms. The Kier molecular flexibility index (Phi) is 3.55. The first kappa shape index (κ1) is 13.1. The van der Waals surface area contributed by atoms with Gasteiger partial charge in [-0.2, -0.15) is 0 Å². The summed E-state index contributed by atoms with van der Waals surface area (Å²) in [5, 5.41) is 2.72. The zero-order valence-corrected chi connectivity index (χ0v) is 10.7. The van der Waals surface area contributed by atoms with Gasteiger partial charge >= 0.3 is 0 Å². The Bertz CT molecular complexity index is 570. The van der Waals surface area contributed by atoms with Crippen molar-refractivity contribution in [2.45, 2.75) is 19.9 Å². The fraction of sp³-hybridized carbons (Fsp3) is 0.214. The molecule has 2 aromatic rings. The molecule has 5 heteroatoms. The van der Waals surface area contributed by atoms with Crippen molar-refractivity contribution in [1.82, 2.24) is 5.32 Å². The molecule has 1 atom stereocenters. The largest absolute Gasteiger partial charge is 0.467 e. The SMILES string of the molecule is Cc1c(N)cc(C(=O)NC(C)c2ccco2)cc1F. The van der Waals surface area contributed by atoms with Gasteiger partial charge < -0.3 is 15.5 Å². The molecule has 0 bridgehead atoms. The lowest BCUT2D eigenvalue weighted by molar-refractivity contribution is 0.0935. The second kappa shape index (κ2) is 5.14. The summed E-state index contributed by atoms with van der Waals surface area (Å²) in [5.74, 6) is -0.251. The predicted octanol–water partition coefficient (Wildman–Crippen LogP) is 2.80. The topological polar surface area (TPSA) is 68.3 Å². The van der Waals surface area contributed by atoms with Gasteiger partial charge in [-0.1, -0.05) is 0 Å². The van der Waals surface area contributed by atoms with Gasteiger partial charge in [-0.25, -0.2) is 4.39 Å². The number of anilines is 1. The van der Waals surface area contributed by atoms with Crippen LogP contribution in [0.1, 0.15) is 34.6 Å². The zero-order chi connectivity index (χ0) is 14.0. The van der Waals surface area contributed by atoms with Gasteiger partial charge in [0.15, 0.2) is 0 Å². The molecule has 0 aliphatic rings. The summed E-state index contributed by atoms with van der Waals surface area (Å²) in [6.07, 6.45) is 1.53. The fourth-order valence-corrected chi connectivity index (χ4v) is 1.72. The number of nitrogens with two attached hydrogens (primary N) is 1. The van der Waals surface area contributed by atoms with Crippen LogP contribution in [-0.4, -0.2) is 5.91 Å². The van der Waals surface area contributed by atoms with Gasteiger partial charge in [0.25, 0.3) is 5.91 Å². The Balaban J connectivity index is 2.16. The quantitative estimate of drug-likeness (QED) is 0.836. The first-order chi connectivity index (χ1) is 8.99. The Morgan fingerprint density at radius 2 is 2.21 bits per heavy atom.